The number of sulfonamides is 1. The molecule has 0 atom stereocenters. The van der Waals surface area contributed by atoms with E-state index in [4.69, 9.17) is 23.2 Å². The highest BCUT2D eigenvalue weighted by molar-refractivity contribution is 7.92. The molecule has 0 fully saturated rings. The second-order valence-electron chi connectivity index (χ2n) is 7.46. The Hall–Kier alpha value is -2.54. The lowest BCUT2D eigenvalue weighted by atomic mass is 10.1. The lowest BCUT2D eigenvalue weighted by Gasteiger charge is -2.25. The van der Waals surface area contributed by atoms with Gasteiger partial charge in [-0.15, -0.1) is 0 Å². The number of anilines is 2. The average molecular weight is 491 g/mol. The number of carbonyl (C=O) groups is 1. The number of nitrogens with one attached hydrogen (secondary N) is 1. The van der Waals surface area contributed by atoms with E-state index in [1.807, 2.05) is 39.0 Å². The van der Waals surface area contributed by atoms with Crippen molar-refractivity contribution in [3.8, 4) is 0 Å². The molecule has 0 unspecified atom stereocenters. The molecule has 0 heterocycles. The summed E-state index contributed by atoms with van der Waals surface area (Å²) < 4.78 is 28.0. The Labute approximate surface area is 199 Å². The number of carbonyl (C=O) groups excluding carboxylic acids is 1. The molecule has 0 aliphatic heterocycles. The number of aryl methyl sites for hydroxylation is 3. The fraction of sp³-hybridized carbons (Fsp3) is 0.208. The Morgan fingerprint density at radius 1 is 0.969 bits per heavy atom. The molecule has 8 heteroatoms. The molecule has 0 aliphatic carbocycles. The van der Waals surface area contributed by atoms with Crippen LogP contribution in [0.3, 0.4) is 0 Å². The summed E-state index contributed by atoms with van der Waals surface area (Å²) in [6.07, 6.45) is 0.729. The van der Waals surface area contributed by atoms with Gasteiger partial charge in [-0.1, -0.05) is 66.0 Å². The van der Waals surface area contributed by atoms with Gasteiger partial charge in [0.1, 0.15) is 6.54 Å². The van der Waals surface area contributed by atoms with Crippen LogP contribution in [0.4, 0.5) is 11.4 Å². The lowest BCUT2D eigenvalue weighted by molar-refractivity contribution is -0.114. The van der Waals surface area contributed by atoms with Gasteiger partial charge in [-0.05, 0) is 61.7 Å². The number of benzene rings is 3. The van der Waals surface area contributed by atoms with Crippen molar-refractivity contribution in [2.24, 2.45) is 0 Å². The Kier molecular flexibility index (Phi) is 7.49. The lowest BCUT2D eigenvalue weighted by Crippen LogP contribution is -2.38. The Morgan fingerprint density at radius 3 is 2.19 bits per heavy atom. The normalized spacial score (nSPS) is 11.3. The van der Waals surface area contributed by atoms with Gasteiger partial charge >= 0.3 is 0 Å². The minimum absolute atomic E-state index is 0.0668. The molecule has 3 aromatic carbocycles. The second kappa shape index (κ2) is 9.94. The van der Waals surface area contributed by atoms with E-state index in [0.29, 0.717) is 5.69 Å². The van der Waals surface area contributed by atoms with Gasteiger partial charge < -0.3 is 5.32 Å². The second-order valence-corrected chi connectivity index (χ2v) is 10.2. The third kappa shape index (κ3) is 5.44. The van der Waals surface area contributed by atoms with Crippen LogP contribution in [0, 0.1) is 13.8 Å². The van der Waals surface area contributed by atoms with E-state index >= 15 is 0 Å². The van der Waals surface area contributed by atoms with Crippen molar-refractivity contribution in [2.45, 2.75) is 32.1 Å². The van der Waals surface area contributed by atoms with Crippen LogP contribution in [0.5, 0.6) is 0 Å². The molecule has 0 radical (unpaired) electrons. The van der Waals surface area contributed by atoms with E-state index in [9.17, 15) is 13.2 Å². The first kappa shape index (κ1) is 24.1. The molecule has 5 nitrogen and oxygen atoms in total. The number of para-hydroxylation sites is 1. The third-order valence-electron chi connectivity index (χ3n) is 5.04. The van der Waals surface area contributed by atoms with E-state index in [-0.39, 0.29) is 20.6 Å². The molecule has 1 N–H and O–H groups in total. The van der Waals surface area contributed by atoms with E-state index in [1.165, 1.54) is 30.3 Å². The summed E-state index contributed by atoms with van der Waals surface area (Å²) in [6.45, 7) is 5.31. The highest BCUT2D eigenvalue weighted by atomic mass is 35.5. The molecule has 3 rings (SSSR count). The first-order chi connectivity index (χ1) is 15.1. The summed E-state index contributed by atoms with van der Waals surface area (Å²) in [5, 5.41) is 3.42. The summed E-state index contributed by atoms with van der Waals surface area (Å²) in [5.74, 6) is -0.471. The Bertz CT molecular complexity index is 1220. The fourth-order valence-electron chi connectivity index (χ4n) is 3.35. The van der Waals surface area contributed by atoms with Gasteiger partial charge in [-0.3, -0.25) is 9.10 Å². The van der Waals surface area contributed by atoms with Crippen LogP contribution in [-0.2, 0) is 21.2 Å². The smallest absolute Gasteiger partial charge is 0.264 e. The monoisotopic (exact) mass is 490 g/mol. The maximum absolute atomic E-state index is 13.5. The summed E-state index contributed by atoms with van der Waals surface area (Å²) in [7, 11) is -4.06. The highest BCUT2D eigenvalue weighted by Gasteiger charge is 2.28. The molecule has 0 saturated heterocycles. The predicted octanol–water partition coefficient (Wildman–Crippen LogP) is 6.01. The van der Waals surface area contributed by atoms with E-state index in [2.05, 4.69) is 5.32 Å². The van der Waals surface area contributed by atoms with Crippen LogP contribution in [0.15, 0.2) is 65.6 Å². The van der Waals surface area contributed by atoms with Gasteiger partial charge in [0.25, 0.3) is 10.0 Å². The maximum Gasteiger partial charge on any atom is 0.264 e. The SMILES string of the molecule is CCc1cccc(C)c1NC(=O)CN(c1cc(Cl)cc(Cl)c1)S(=O)(=O)c1ccc(C)cc1. The van der Waals surface area contributed by atoms with Crippen LogP contribution < -0.4 is 9.62 Å². The van der Waals surface area contributed by atoms with E-state index in [1.54, 1.807) is 12.1 Å². The summed E-state index contributed by atoms with van der Waals surface area (Å²) in [4.78, 5) is 13.1. The number of nitrogens with zero attached hydrogens (tertiary/aromatic N) is 1. The van der Waals surface area contributed by atoms with Gasteiger partial charge in [-0.25, -0.2) is 8.42 Å². The van der Waals surface area contributed by atoms with Gasteiger partial charge in [0.2, 0.25) is 5.91 Å². The molecule has 0 bridgehead atoms. The van der Waals surface area contributed by atoms with Crippen molar-refractivity contribution in [3.63, 3.8) is 0 Å². The van der Waals surface area contributed by atoms with Crippen LogP contribution >= 0.6 is 23.2 Å². The van der Waals surface area contributed by atoms with Crippen molar-refractivity contribution in [1.29, 1.82) is 0 Å². The molecule has 0 saturated carbocycles. The number of halogens is 2. The predicted molar refractivity (Wildman–Crippen MR) is 131 cm³/mol. The third-order valence-corrected chi connectivity index (χ3v) is 7.26. The Balaban J connectivity index is 2.02. The first-order valence-corrected chi connectivity index (χ1v) is 12.2. The van der Waals surface area contributed by atoms with Crippen LogP contribution in [0.1, 0.15) is 23.6 Å². The zero-order valence-electron chi connectivity index (χ0n) is 18.0. The largest absolute Gasteiger partial charge is 0.324 e. The molecule has 1 amide bonds. The molecule has 0 spiro atoms. The molecular formula is C24H24Cl2N2O3S. The molecule has 3 aromatic rings. The summed E-state index contributed by atoms with van der Waals surface area (Å²) >= 11 is 12.3. The molecule has 168 valence electrons. The van der Waals surface area contributed by atoms with E-state index < -0.39 is 22.5 Å². The van der Waals surface area contributed by atoms with Gasteiger partial charge in [0, 0.05) is 15.7 Å². The molecule has 0 aromatic heterocycles. The first-order valence-electron chi connectivity index (χ1n) is 10.1. The number of amides is 1. The van der Waals surface area contributed by atoms with Crippen LogP contribution in [0.25, 0.3) is 0 Å². The zero-order valence-corrected chi connectivity index (χ0v) is 20.4. The zero-order chi connectivity index (χ0) is 23.5. The van der Waals surface area contributed by atoms with Crippen LogP contribution in [-0.4, -0.2) is 20.9 Å². The van der Waals surface area contributed by atoms with Crippen molar-refractivity contribution < 1.29 is 13.2 Å². The van der Waals surface area contributed by atoms with Crippen molar-refractivity contribution >= 4 is 50.5 Å². The Morgan fingerprint density at radius 2 is 1.59 bits per heavy atom. The quantitative estimate of drug-likeness (QED) is 0.441. The standard InChI is InChI=1S/C24H24Cl2N2O3S/c1-4-18-7-5-6-17(3)24(18)27-23(29)15-28(21-13-19(25)12-20(26)14-21)32(30,31)22-10-8-16(2)9-11-22/h5-14H,4,15H2,1-3H3,(H,27,29). The van der Waals surface area contributed by atoms with E-state index in [0.717, 1.165) is 27.4 Å². The number of hydrogen-bond acceptors (Lipinski definition) is 3. The highest BCUT2D eigenvalue weighted by Crippen LogP contribution is 2.30. The fourth-order valence-corrected chi connectivity index (χ4v) is 5.27. The molecule has 32 heavy (non-hydrogen) atoms. The maximum atomic E-state index is 13.5. The van der Waals surface area contributed by atoms with Crippen molar-refractivity contribution in [3.05, 3.63) is 87.4 Å². The van der Waals surface area contributed by atoms with Crippen LogP contribution in [0.2, 0.25) is 10.0 Å². The average Bonchev–Trinajstić information content (AvgIpc) is 2.73. The van der Waals surface area contributed by atoms with Crippen molar-refractivity contribution in [1.82, 2.24) is 0 Å². The minimum atomic E-state index is -4.06. The topological polar surface area (TPSA) is 66.5 Å². The molecule has 0 aliphatic rings. The summed E-state index contributed by atoms with van der Waals surface area (Å²) in [5.41, 5.74) is 3.69. The number of rotatable bonds is 7. The number of hydrogen-bond donors (Lipinski definition) is 1. The van der Waals surface area contributed by atoms with Gasteiger partial charge in [-0.2, -0.15) is 0 Å². The van der Waals surface area contributed by atoms with Crippen molar-refractivity contribution in [2.75, 3.05) is 16.2 Å². The molecular weight excluding hydrogens is 467 g/mol. The van der Waals surface area contributed by atoms with Gasteiger partial charge in [0.05, 0.1) is 10.6 Å². The summed E-state index contributed by atoms with van der Waals surface area (Å²) in [6, 6.07) is 16.6. The minimum Gasteiger partial charge on any atom is -0.324 e. The van der Waals surface area contributed by atoms with Gasteiger partial charge in [0.15, 0.2) is 0 Å².